The Bertz CT molecular complexity index is 4290. The van der Waals surface area contributed by atoms with Gasteiger partial charge in [0.15, 0.2) is 43.0 Å². The lowest BCUT2D eigenvalue weighted by Gasteiger charge is -2.34. The number of hydrogen-bond acceptors (Lipinski definition) is 6. The van der Waals surface area contributed by atoms with Crippen molar-refractivity contribution in [3.63, 3.8) is 0 Å². The van der Waals surface area contributed by atoms with E-state index >= 15 is 0 Å². The van der Waals surface area contributed by atoms with Crippen molar-refractivity contribution in [2.24, 2.45) is 0 Å². The Morgan fingerprint density at radius 2 is 0.600 bits per heavy atom. The summed E-state index contributed by atoms with van der Waals surface area (Å²) in [6.45, 7) is 0. The SMILES string of the molecule is c1ccc(-c2nc(-c3ccccc3)nc(-c3ccc4c(c3)c3ccccc3n4-c3ccc(-c4nc(-c5ccccc5)nc(-c5ccccc5)n4)c(-c4cccc([Si](c5ccccc5)(c5ccccc5)c5ccccc5)c4)c3)n2)cc1. The molecular formula is C72H49N7Si. The zero-order valence-corrected chi connectivity index (χ0v) is 44.4. The molecule has 11 aromatic carbocycles. The molecule has 0 atom stereocenters. The second-order valence-electron chi connectivity index (χ2n) is 19.8. The van der Waals surface area contributed by atoms with E-state index < -0.39 is 8.07 Å². The Morgan fingerprint density at radius 3 is 1.07 bits per heavy atom. The van der Waals surface area contributed by atoms with Crippen molar-refractivity contribution < 1.29 is 0 Å². The van der Waals surface area contributed by atoms with Crippen LogP contribution in [0.5, 0.6) is 0 Å². The Balaban J connectivity index is 1.00. The van der Waals surface area contributed by atoms with E-state index in [2.05, 4.69) is 205 Å². The highest BCUT2D eigenvalue weighted by Crippen LogP contribution is 2.39. The fraction of sp³-hybridized carbons (Fsp3) is 0. The average molecular weight is 1040 g/mol. The van der Waals surface area contributed by atoms with Crippen molar-refractivity contribution in [2.45, 2.75) is 0 Å². The minimum Gasteiger partial charge on any atom is -0.309 e. The average Bonchev–Trinajstić information content (AvgIpc) is 3.94. The topological polar surface area (TPSA) is 82.3 Å². The Labute approximate surface area is 465 Å². The second kappa shape index (κ2) is 20.8. The molecule has 0 saturated carbocycles. The molecule has 8 heteroatoms. The first-order valence-corrected chi connectivity index (χ1v) is 28.9. The quantitative estimate of drug-likeness (QED) is 0.0896. The van der Waals surface area contributed by atoms with E-state index in [0.29, 0.717) is 34.9 Å². The third-order valence-corrected chi connectivity index (χ3v) is 19.8. The number of para-hydroxylation sites is 1. The van der Waals surface area contributed by atoms with E-state index in [4.69, 9.17) is 29.9 Å². The maximum absolute atomic E-state index is 5.34. The molecule has 0 aliphatic rings. The largest absolute Gasteiger partial charge is 0.309 e. The molecule has 0 unspecified atom stereocenters. The third kappa shape index (κ3) is 8.76. The monoisotopic (exact) mass is 1040 g/mol. The van der Waals surface area contributed by atoms with Crippen molar-refractivity contribution in [1.82, 2.24) is 34.5 Å². The lowest BCUT2D eigenvalue weighted by atomic mass is 9.98. The van der Waals surface area contributed by atoms with Crippen LogP contribution in [0.4, 0.5) is 0 Å². The van der Waals surface area contributed by atoms with Gasteiger partial charge in [-0.15, -0.1) is 0 Å². The van der Waals surface area contributed by atoms with Gasteiger partial charge in [0.2, 0.25) is 0 Å². The second-order valence-corrected chi connectivity index (χ2v) is 23.6. The molecule has 0 spiro atoms. The van der Waals surface area contributed by atoms with Crippen LogP contribution in [0.3, 0.4) is 0 Å². The van der Waals surface area contributed by atoms with E-state index in [1.807, 2.05) is 97.1 Å². The van der Waals surface area contributed by atoms with Gasteiger partial charge in [0.25, 0.3) is 0 Å². The molecule has 0 radical (unpaired) electrons. The molecule has 0 bridgehead atoms. The third-order valence-electron chi connectivity index (χ3n) is 15.1. The van der Waals surface area contributed by atoms with E-state index in [1.165, 1.54) is 20.7 Å². The van der Waals surface area contributed by atoms with Crippen LogP contribution in [0.15, 0.2) is 297 Å². The molecule has 0 amide bonds. The Morgan fingerprint density at radius 1 is 0.225 bits per heavy atom. The van der Waals surface area contributed by atoms with Crippen molar-refractivity contribution >= 4 is 50.6 Å². The van der Waals surface area contributed by atoms with E-state index in [-0.39, 0.29) is 0 Å². The smallest absolute Gasteiger partial charge is 0.179 e. The van der Waals surface area contributed by atoms with Gasteiger partial charge in [-0.25, -0.2) is 29.9 Å². The van der Waals surface area contributed by atoms with Crippen molar-refractivity contribution in [3.05, 3.63) is 297 Å². The Kier molecular flexibility index (Phi) is 12.4. The van der Waals surface area contributed by atoms with Gasteiger partial charge in [-0.05, 0) is 74.3 Å². The summed E-state index contributed by atoms with van der Waals surface area (Å²) in [7, 11) is -2.95. The fourth-order valence-corrected chi connectivity index (χ4v) is 16.1. The number of hydrogen-bond donors (Lipinski definition) is 0. The Hall–Kier alpha value is -10.5. The lowest BCUT2D eigenvalue weighted by molar-refractivity contribution is 1.07. The van der Waals surface area contributed by atoms with Crippen LogP contribution in [-0.2, 0) is 0 Å². The molecule has 376 valence electrons. The van der Waals surface area contributed by atoms with Crippen LogP contribution in [0.2, 0.25) is 0 Å². The van der Waals surface area contributed by atoms with Crippen molar-refractivity contribution in [2.75, 3.05) is 0 Å². The van der Waals surface area contributed by atoms with Crippen LogP contribution >= 0.6 is 0 Å². The zero-order valence-electron chi connectivity index (χ0n) is 43.4. The van der Waals surface area contributed by atoms with Crippen LogP contribution in [0.1, 0.15) is 0 Å². The zero-order chi connectivity index (χ0) is 53.2. The fourth-order valence-electron chi connectivity index (χ4n) is 11.3. The first kappa shape index (κ1) is 47.9. The molecule has 3 heterocycles. The van der Waals surface area contributed by atoms with Crippen LogP contribution in [0.25, 0.3) is 107 Å². The van der Waals surface area contributed by atoms with E-state index in [9.17, 15) is 0 Å². The summed E-state index contributed by atoms with van der Waals surface area (Å²) < 4.78 is 2.37. The standard InChI is InChI=1S/C72H49N7Si/c1-8-25-50(26-9-1)67-73-68(51-27-10-2-11-28-51)76-71(75-67)55-43-46-66-64(48-55)61-41-22-23-42-65(61)79(66)56-44-45-62(72-77-69(52-29-12-3-13-30-52)74-70(78-72)53-31-14-4-15-32-53)63(49-56)54-33-24-40-60(47-54)80(57-34-16-5-17-35-57,58-36-18-6-19-37-58)59-38-20-7-21-39-59/h1-49H. The lowest BCUT2D eigenvalue weighted by Crippen LogP contribution is -2.74. The summed E-state index contributed by atoms with van der Waals surface area (Å²) in [5, 5.41) is 7.35. The molecule has 0 aliphatic heterocycles. The summed E-state index contributed by atoms with van der Waals surface area (Å²) >= 11 is 0. The van der Waals surface area contributed by atoms with Gasteiger partial charge in [-0.2, -0.15) is 0 Å². The first-order valence-electron chi connectivity index (χ1n) is 26.9. The molecule has 3 aromatic heterocycles. The number of fused-ring (bicyclic) bond motifs is 3. The van der Waals surface area contributed by atoms with Crippen LogP contribution in [0, 0.1) is 0 Å². The minimum atomic E-state index is -2.95. The van der Waals surface area contributed by atoms with Crippen molar-refractivity contribution in [3.8, 4) is 85.1 Å². The van der Waals surface area contributed by atoms with Gasteiger partial charge in [0, 0.05) is 49.8 Å². The van der Waals surface area contributed by atoms with Gasteiger partial charge in [0.1, 0.15) is 0 Å². The number of aromatic nitrogens is 7. The predicted molar refractivity (Wildman–Crippen MR) is 329 cm³/mol. The highest BCUT2D eigenvalue weighted by Gasteiger charge is 2.41. The molecule has 80 heavy (non-hydrogen) atoms. The van der Waals surface area contributed by atoms with Gasteiger partial charge < -0.3 is 4.57 Å². The number of nitrogens with zero attached hydrogens (tertiary/aromatic N) is 7. The summed E-state index contributed by atoms with van der Waals surface area (Å²) in [6.07, 6.45) is 0. The number of benzene rings is 11. The molecule has 0 fully saturated rings. The molecular weight excluding hydrogens is 991 g/mol. The maximum Gasteiger partial charge on any atom is 0.179 e. The summed E-state index contributed by atoms with van der Waals surface area (Å²) in [5.74, 6) is 3.63. The molecule has 0 aliphatic carbocycles. The van der Waals surface area contributed by atoms with Gasteiger partial charge in [-0.3, -0.25) is 0 Å². The van der Waals surface area contributed by atoms with E-state index in [1.54, 1.807) is 0 Å². The normalized spacial score (nSPS) is 11.5. The highest BCUT2D eigenvalue weighted by atomic mass is 28.3. The van der Waals surface area contributed by atoms with Crippen LogP contribution in [-0.4, -0.2) is 42.5 Å². The molecule has 14 rings (SSSR count). The van der Waals surface area contributed by atoms with Gasteiger partial charge in [0.05, 0.1) is 11.0 Å². The summed E-state index contributed by atoms with van der Waals surface area (Å²) in [5.41, 5.74) is 10.6. The van der Waals surface area contributed by atoms with E-state index in [0.717, 1.165) is 72.0 Å². The maximum atomic E-state index is 5.34. The highest BCUT2D eigenvalue weighted by molar-refractivity contribution is 7.19. The summed E-state index contributed by atoms with van der Waals surface area (Å²) in [4.78, 5) is 31.0. The first-order chi connectivity index (χ1) is 39.7. The number of rotatable bonds is 12. The molecule has 14 aromatic rings. The minimum absolute atomic E-state index is 0.580. The van der Waals surface area contributed by atoms with Crippen LogP contribution < -0.4 is 20.7 Å². The molecule has 0 N–H and O–H groups in total. The van der Waals surface area contributed by atoms with Gasteiger partial charge >= 0.3 is 0 Å². The molecule has 7 nitrogen and oxygen atoms in total. The predicted octanol–water partition coefficient (Wildman–Crippen LogP) is 14.2. The molecule has 0 saturated heterocycles. The summed E-state index contributed by atoms with van der Waals surface area (Å²) in [6, 6.07) is 105. The van der Waals surface area contributed by atoms with Crippen molar-refractivity contribution in [1.29, 1.82) is 0 Å². The van der Waals surface area contributed by atoms with Gasteiger partial charge in [-0.1, -0.05) is 255 Å².